The number of hydrogen-bond donors (Lipinski definition) is 1. The van der Waals surface area contributed by atoms with E-state index in [4.69, 9.17) is 4.52 Å². The van der Waals surface area contributed by atoms with Gasteiger partial charge in [-0.3, -0.25) is 14.6 Å². The Kier molecular flexibility index (Phi) is 7.12. The minimum absolute atomic E-state index is 0.119. The van der Waals surface area contributed by atoms with Crippen LogP contribution in [0.2, 0.25) is 0 Å². The predicted molar refractivity (Wildman–Crippen MR) is 115 cm³/mol. The summed E-state index contributed by atoms with van der Waals surface area (Å²) in [6, 6.07) is 10.9. The first-order chi connectivity index (χ1) is 14.7. The molecule has 1 N–H and O–H groups in total. The molecule has 7 heteroatoms. The van der Waals surface area contributed by atoms with E-state index in [0.717, 1.165) is 64.8 Å². The molecule has 2 fully saturated rings. The van der Waals surface area contributed by atoms with Crippen molar-refractivity contribution in [1.82, 2.24) is 25.3 Å². The molecule has 7 nitrogen and oxygen atoms in total. The Labute approximate surface area is 178 Å². The highest BCUT2D eigenvalue weighted by Gasteiger charge is 2.31. The number of carbonyl (C=O) groups is 1. The summed E-state index contributed by atoms with van der Waals surface area (Å²) in [5, 5.41) is 7.04. The fraction of sp³-hybridized carbons (Fsp3) is 0.609. The molecule has 162 valence electrons. The molecule has 1 aromatic carbocycles. The first-order valence-electron chi connectivity index (χ1n) is 11.2. The summed E-state index contributed by atoms with van der Waals surface area (Å²) in [6.45, 7) is 7.38. The van der Waals surface area contributed by atoms with Crippen LogP contribution in [0.5, 0.6) is 0 Å². The molecule has 1 unspecified atom stereocenters. The number of nitrogens with one attached hydrogen (secondary N) is 1. The van der Waals surface area contributed by atoms with Crippen LogP contribution in [0.4, 0.5) is 0 Å². The molecular formula is C23H33N5O2. The van der Waals surface area contributed by atoms with Crippen LogP contribution in [-0.4, -0.2) is 64.6 Å². The molecule has 0 bridgehead atoms. The topological polar surface area (TPSA) is 74.5 Å². The Morgan fingerprint density at radius 1 is 1.17 bits per heavy atom. The van der Waals surface area contributed by atoms with Crippen LogP contribution in [-0.2, 0) is 17.8 Å². The van der Waals surface area contributed by atoms with Crippen LogP contribution < -0.4 is 5.32 Å². The van der Waals surface area contributed by atoms with Crippen molar-refractivity contribution in [2.45, 2.75) is 51.6 Å². The van der Waals surface area contributed by atoms with Crippen molar-refractivity contribution in [3.63, 3.8) is 0 Å². The van der Waals surface area contributed by atoms with Crippen LogP contribution in [0.25, 0.3) is 0 Å². The zero-order valence-electron chi connectivity index (χ0n) is 17.9. The summed E-state index contributed by atoms with van der Waals surface area (Å²) < 4.78 is 5.25. The van der Waals surface area contributed by atoms with E-state index in [-0.39, 0.29) is 11.8 Å². The van der Waals surface area contributed by atoms with E-state index in [0.29, 0.717) is 24.3 Å². The molecule has 2 saturated heterocycles. The molecule has 30 heavy (non-hydrogen) atoms. The van der Waals surface area contributed by atoms with Gasteiger partial charge in [-0.05, 0) is 51.1 Å². The summed E-state index contributed by atoms with van der Waals surface area (Å²) in [5.41, 5.74) is 1.27. The lowest BCUT2D eigenvalue weighted by atomic mass is 9.93. The van der Waals surface area contributed by atoms with Gasteiger partial charge >= 0.3 is 0 Å². The number of amides is 1. The van der Waals surface area contributed by atoms with Crippen molar-refractivity contribution in [2.75, 3.05) is 32.7 Å². The van der Waals surface area contributed by atoms with Crippen molar-refractivity contribution in [3.05, 3.63) is 47.6 Å². The van der Waals surface area contributed by atoms with Gasteiger partial charge in [0.25, 0.3) is 0 Å². The first kappa shape index (κ1) is 21.0. The van der Waals surface area contributed by atoms with Crippen molar-refractivity contribution in [1.29, 1.82) is 0 Å². The molecule has 1 atom stereocenters. The molecule has 3 heterocycles. The van der Waals surface area contributed by atoms with Gasteiger partial charge in [-0.15, -0.1) is 0 Å². The quantitative estimate of drug-likeness (QED) is 0.754. The van der Waals surface area contributed by atoms with E-state index < -0.39 is 0 Å². The first-order valence-corrected chi connectivity index (χ1v) is 11.2. The number of carbonyl (C=O) groups excluding carboxylic acids is 1. The zero-order chi connectivity index (χ0) is 20.8. The van der Waals surface area contributed by atoms with Crippen molar-refractivity contribution < 1.29 is 9.32 Å². The number of aryl methyl sites for hydroxylation is 1. The van der Waals surface area contributed by atoms with E-state index >= 15 is 0 Å². The van der Waals surface area contributed by atoms with Gasteiger partial charge in [0.1, 0.15) is 0 Å². The molecule has 1 aromatic heterocycles. The maximum atomic E-state index is 12.7. The molecule has 2 aliphatic rings. The lowest BCUT2D eigenvalue weighted by Gasteiger charge is -2.41. The van der Waals surface area contributed by atoms with Crippen LogP contribution >= 0.6 is 0 Å². The highest BCUT2D eigenvalue weighted by Crippen LogP contribution is 2.24. The minimum atomic E-state index is 0.119. The normalized spacial score (nSPS) is 21.6. The van der Waals surface area contributed by atoms with Crippen LogP contribution in [0.1, 0.15) is 43.0 Å². The molecule has 0 radical (unpaired) electrons. The Morgan fingerprint density at radius 2 is 1.97 bits per heavy atom. The third-order valence-electron chi connectivity index (χ3n) is 6.38. The van der Waals surface area contributed by atoms with Gasteiger partial charge in [-0.2, -0.15) is 4.98 Å². The van der Waals surface area contributed by atoms with E-state index in [1.807, 2.05) is 25.1 Å². The van der Waals surface area contributed by atoms with Crippen molar-refractivity contribution in [3.8, 4) is 0 Å². The van der Waals surface area contributed by atoms with Gasteiger partial charge < -0.3 is 9.84 Å². The second-order valence-electron chi connectivity index (χ2n) is 8.60. The van der Waals surface area contributed by atoms with Gasteiger partial charge in [-0.1, -0.05) is 35.5 Å². The molecule has 2 aromatic rings. The third kappa shape index (κ3) is 5.67. The molecule has 2 aliphatic heterocycles. The van der Waals surface area contributed by atoms with Gasteiger partial charge in [0, 0.05) is 32.2 Å². The molecular weight excluding hydrogens is 378 g/mol. The number of nitrogens with zero attached hydrogens (tertiary/aromatic N) is 4. The molecule has 0 saturated carbocycles. The Hall–Kier alpha value is -2.25. The number of aromatic nitrogens is 2. The van der Waals surface area contributed by atoms with E-state index in [2.05, 4.69) is 37.4 Å². The van der Waals surface area contributed by atoms with Crippen molar-refractivity contribution >= 4 is 5.91 Å². The SMILES string of the molecule is Cc1noc(CN2CCC(N3CCCC(C(=O)NCCc4ccccc4)C3)CC2)n1. The molecule has 0 aliphatic carbocycles. The fourth-order valence-corrected chi connectivity index (χ4v) is 4.71. The van der Waals surface area contributed by atoms with Gasteiger partial charge in [0.15, 0.2) is 5.82 Å². The van der Waals surface area contributed by atoms with E-state index in [1.165, 1.54) is 5.56 Å². The lowest BCUT2D eigenvalue weighted by molar-refractivity contribution is -0.127. The number of rotatable bonds is 7. The fourth-order valence-electron chi connectivity index (χ4n) is 4.71. The lowest BCUT2D eigenvalue weighted by Crippen LogP contribution is -2.50. The summed E-state index contributed by atoms with van der Waals surface area (Å²) in [7, 11) is 0. The summed E-state index contributed by atoms with van der Waals surface area (Å²) >= 11 is 0. The number of benzene rings is 1. The highest BCUT2D eigenvalue weighted by molar-refractivity contribution is 5.79. The molecule has 1 amide bonds. The Balaban J connectivity index is 1.19. The Morgan fingerprint density at radius 3 is 2.70 bits per heavy atom. The summed E-state index contributed by atoms with van der Waals surface area (Å²) in [6.07, 6.45) is 5.27. The molecule has 0 spiro atoms. The summed E-state index contributed by atoms with van der Waals surface area (Å²) in [5.74, 6) is 1.74. The largest absolute Gasteiger partial charge is 0.355 e. The average molecular weight is 412 g/mol. The maximum absolute atomic E-state index is 12.7. The smallest absolute Gasteiger partial charge is 0.240 e. The van der Waals surface area contributed by atoms with Crippen LogP contribution in [0.3, 0.4) is 0 Å². The maximum Gasteiger partial charge on any atom is 0.240 e. The van der Waals surface area contributed by atoms with Gasteiger partial charge in [-0.25, -0.2) is 0 Å². The second kappa shape index (κ2) is 10.2. The number of hydrogen-bond acceptors (Lipinski definition) is 6. The number of likely N-dealkylation sites (tertiary alicyclic amines) is 2. The van der Waals surface area contributed by atoms with E-state index in [9.17, 15) is 4.79 Å². The minimum Gasteiger partial charge on any atom is -0.355 e. The monoisotopic (exact) mass is 411 g/mol. The standard InChI is InChI=1S/C23H33N5O2/c1-18-25-22(30-26-18)17-27-14-10-21(11-15-27)28-13-5-8-20(16-28)23(29)24-12-9-19-6-3-2-4-7-19/h2-4,6-7,20-21H,5,8-17H2,1H3,(H,24,29). The van der Waals surface area contributed by atoms with Gasteiger partial charge in [0.05, 0.1) is 12.5 Å². The van der Waals surface area contributed by atoms with Crippen LogP contribution in [0, 0.1) is 12.8 Å². The average Bonchev–Trinajstić information content (AvgIpc) is 3.19. The number of piperidine rings is 2. The zero-order valence-corrected chi connectivity index (χ0v) is 17.9. The Bertz CT molecular complexity index is 801. The summed E-state index contributed by atoms with van der Waals surface area (Å²) in [4.78, 5) is 22.0. The van der Waals surface area contributed by atoms with Crippen molar-refractivity contribution in [2.24, 2.45) is 5.92 Å². The van der Waals surface area contributed by atoms with E-state index in [1.54, 1.807) is 0 Å². The second-order valence-corrected chi connectivity index (χ2v) is 8.60. The highest BCUT2D eigenvalue weighted by atomic mass is 16.5. The van der Waals surface area contributed by atoms with Gasteiger partial charge in [0.2, 0.25) is 11.8 Å². The predicted octanol–water partition coefficient (Wildman–Crippen LogP) is 2.41. The molecule has 4 rings (SSSR count). The van der Waals surface area contributed by atoms with Crippen LogP contribution in [0.15, 0.2) is 34.9 Å². The third-order valence-corrected chi connectivity index (χ3v) is 6.38.